The van der Waals surface area contributed by atoms with Crippen molar-refractivity contribution in [2.75, 3.05) is 11.9 Å². The normalized spacial score (nSPS) is 16.6. The van der Waals surface area contributed by atoms with Crippen LogP contribution in [0.4, 0.5) is 14.5 Å². The molecule has 1 heterocycles. The highest BCUT2D eigenvalue weighted by molar-refractivity contribution is 6.30. The molecule has 2 aromatic carbocycles. The summed E-state index contributed by atoms with van der Waals surface area (Å²) in [6.07, 6.45) is 0.698. The second kappa shape index (κ2) is 5.29. The number of benzene rings is 2. The Labute approximate surface area is 120 Å². The van der Waals surface area contributed by atoms with Gasteiger partial charge in [-0.2, -0.15) is 0 Å². The van der Waals surface area contributed by atoms with Crippen molar-refractivity contribution in [1.82, 2.24) is 0 Å². The van der Waals surface area contributed by atoms with Gasteiger partial charge in [0.25, 0.3) is 0 Å². The molecule has 1 N–H and O–H groups in total. The SMILES string of the molecule is Fc1ccc(NCC2Cc3cc(Cl)ccc3O2)cc1F. The van der Waals surface area contributed by atoms with E-state index in [-0.39, 0.29) is 6.10 Å². The molecular formula is C15H12ClF2NO. The first-order chi connectivity index (χ1) is 9.61. The van der Waals surface area contributed by atoms with Gasteiger partial charge in [0.15, 0.2) is 11.6 Å². The van der Waals surface area contributed by atoms with Crippen molar-refractivity contribution in [2.45, 2.75) is 12.5 Å². The molecule has 1 aliphatic heterocycles. The zero-order chi connectivity index (χ0) is 14.1. The molecule has 0 saturated carbocycles. The first kappa shape index (κ1) is 13.2. The smallest absolute Gasteiger partial charge is 0.160 e. The Bertz CT molecular complexity index is 648. The molecule has 20 heavy (non-hydrogen) atoms. The van der Waals surface area contributed by atoms with Crippen molar-refractivity contribution >= 4 is 17.3 Å². The van der Waals surface area contributed by atoms with Gasteiger partial charge in [-0.05, 0) is 35.9 Å². The quantitative estimate of drug-likeness (QED) is 0.923. The number of fused-ring (bicyclic) bond motifs is 1. The summed E-state index contributed by atoms with van der Waals surface area (Å²) >= 11 is 5.93. The van der Waals surface area contributed by atoms with Crippen molar-refractivity contribution in [2.24, 2.45) is 0 Å². The first-order valence-corrected chi connectivity index (χ1v) is 6.63. The van der Waals surface area contributed by atoms with Crippen molar-refractivity contribution in [1.29, 1.82) is 0 Å². The fraction of sp³-hybridized carbons (Fsp3) is 0.200. The highest BCUT2D eigenvalue weighted by atomic mass is 35.5. The zero-order valence-electron chi connectivity index (χ0n) is 10.5. The molecule has 2 nitrogen and oxygen atoms in total. The van der Waals surface area contributed by atoms with E-state index in [1.54, 1.807) is 6.07 Å². The number of halogens is 3. The summed E-state index contributed by atoms with van der Waals surface area (Å²) in [6, 6.07) is 9.24. The van der Waals surface area contributed by atoms with Gasteiger partial charge in [-0.25, -0.2) is 8.78 Å². The van der Waals surface area contributed by atoms with Crippen LogP contribution >= 0.6 is 11.6 Å². The number of hydrogen-bond donors (Lipinski definition) is 1. The highest BCUT2D eigenvalue weighted by Gasteiger charge is 2.22. The lowest BCUT2D eigenvalue weighted by Crippen LogP contribution is -2.24. The molecule has 0 spiro atoms. The van der Waals surface area contributed by atoms with Crippen LogP contribution in [0.5, 0.6) is 5.75 Å². The van der Waals surface area contributed by atoms with Crippen LogP contribution in [0.3, 0.4) is 0 Å². The minimum Gasteiger partial charge on any atom is -0.488 e. The summed E-state index contributed by atoms with van der Waals surface area (Å²) in [5.41, 5.74) is 1.59. The van der Waals surface area contributed by atoms with E-state index >= 15 is 0 Å². The number of hydrogen-bond acceptors (Lipinski definition) is 2. The minimum atomic E-state index is -0.864. The fourth-order valence-corrected chi connectivity index (χ4v) is 2.44. The molecule has 0 saturated heterocycles. The van der Waals surface area contributed by atoms with Gasteiger partial charge in [-0.15, -0.1) is 0 Å². The lowest BCUT2D eigenvalue weighted by molar-refractivity contribution is 0.246. The Morgan fingerprint density at radius 2 is 2.00 bits per heavy atom. The van der Waals surface area contributed by atoms with Gasteiger partial charge in [0.1, 0.15) is 11.9 Å². The van der Waals surface area contributed by atoms with Crippen molar-refractivity contribution in [3.05, 3.63) is 58.6 Å². The monoisotopic (exact) mass is 295 g/mol. The van der Waals surface area contributed by atoms with Crippen LogP contribution in [0.25, 0.3) is 0 Å². The summed E-state index contributed by atoms with van der Waals surface area (Å²) in [5.74, 6) is -0.890. The number of ether oxygens (including phenoxy) is 1. The third kappa shape index (κ3) is 2.70. The van der Waals surface area contributed by atoms with Gasteiger partial charge < -0.3 is 10.1 Å². The topological polar surface area (TPSA) is 21.3 Å². The maximum atomic E-state index is 13.1. The number of nitrogens with one attached hydrogen (secondary N) is 1. The highest BCUT2D eigenvalue weighted by Crippen LogP contribution is 2.31. The number of anilines is 1. The Morgan fingerprint density at radius 1 is 1.15 bits per heavy atom. The van der Waals surface area contributed by atoms with E-state index < -0.39 is 11.6 Å². The van der Waals surface area contributed by atoms with Crippen LogP contribution in [-0.4, -0.2) is 12.6 Å². The van der Waals surface area contributed by atoms with Crippen molar-refractivity contribution < 1.29 is 13.5 Å². The Morgan fingerprint density at radius 3 is 2.80 bits per heavy atom. The minimum absolute atomic E-state index is 0.0448. The maximum absolute atomic E-state index is 13.1. The van der Waals surface area contributed by atoms with Crippen molar-refractivity contribution in [3.8, 4) is 5.75 Å². The Hall–Kier alpha value is -1.81. The molecule has 1 atom stereocenters. The van der Waals surface area contributed by atoms with E-state index in [4.69, 9.17) is 16.3 Å². The third-order valence-corrected chi connectivity index (χ3v) is 3.45. The predicted octanol–water partition coefficient (Wildman–Crippen LogP) is 4.03. The van der Waals surface area contributed by atoms with E-state index in [0.29, 0.717) is 17.3 Å². The van der Waals surface area contributed by atoms with Gasteiger partial charge in [0.05, 0.1) is 6.54 Å². The van der Waals surface area contributed by atoms with Gasteiger partial charge in [-0.1, -0.05) is 11.6 Å². The van der Waals surface area contributed by atoms with Crippen LogP contribution in [0.1, 0.15) is 5.56 Å². The van der Waals surface area contributed by atoms with Crippen LogP contribution in [0, 0.1) is 11.6 Å². The summed E-state index contributed by atoms with van der Waals surface area (Å²) in [4.78, 5) is 0. The molecule has 104 valence electrons. The molecule has 0 fully saturated rings. The second-order valence-electron chi connectivity index (χ2n) is 4.71. The number of rotatable bonds is 3. The molecule has 5 heteroatoms. The molecule has 0 aromatic heterocycles. The summed E-state index contributed by atoms with van der Waals surface area (Å²) in [6.45, 7) is 0.511. The van der Waals surface area contributed by atoms with Gasteiger partial charge in [0.2, 0.25) is 0 Å². The zero-order valence-corrected chi connectivity index (χ0v) is 11.3. The van der Waals surface area contributed by atoms with Crippen LogP contribution in [0.15, 0.2) is 36.4 Å². The van der Waals surface area contributed by atoms with Crippen LogP contribution in [0.2, 0.25) is 5.02 Å². The summed E-state index contributed by atoms with van der Waals surface area (Å²) < 4.78 is 31.6. The fourth-order valence-electron chi connectivity index (χ4n) is 2.24. The average Bonchev–Trinajstić information content (AvgIpc) is 2.82. The average molecular weight is 296 g/mol. The standard InChI is InChI=1S/C15H12ClF2NO/c16-10-1-4-15-9(5-10)6-12(20-15)8-19-11-2-3-13(17)14(18)7-11/h1-5,7,12,19H,6,8H2. The summed E-state index contributed by atoms with van der Waals surface area (Å²) in [5, 5.41) is 3.72. The molecule has 0 aliphatic carbocycles. The molecule has 0 bridgehead atoms. The molecule has 3 rings (SSSR count). The van der Waals surface area contributed by atoms with Crippen molar-refractivity contribution in [3.63, 3.8) is 0 Å². The maximum Gasteiger partial charge on any atom is 0.160 e. The predicted molar refractivity (Wildman–Crippen MR) is 74.4 cm³/mol. The van der Waals surface area contributed by atoms with Gasteiger partial charge >= 0.3 is 0 Å². The second-order valence-corrected chi connectivity index (χ2v) is 5.14. The summed E-state index contributed by atoms with van der Waals surface area (Å²) in [7, 11) is 0. The lowest BCUT2D eigenvalue weighted by atomic mass is 10.1. The van der Waals surface area contributed by atoms with Crippen LogP contribution in [-0.2, 0) is 6.42 Å². The molecule has 2 aromatic rings. The first-order valence-electron chi connectivity index (χ1n) is 6.26. The van der Waals surface area contributed by atoms with Crippen LogP contribution < -0.4 is 10.1 Å². The molecule has 1 aliphatic rings. The van der Waals surface area contributed by atoms with E-state index in [2.05, 4.69) is 5.32 Å². The van der Waals surface area contributed by atoms with E-state index in [1.807, 2.05) is 12.1 Å². The van der Waals surface area contributed by atoms with Gasteiger partial charge in [0, 0.05) is 23.2 Å². The van der Waals surface area contributed by atoms with E-state index in [1.165, 1.54) is 6.07 Å². The Balaban J connectivity index is 1.62. The lowest BCUT2D eigenvalue weighted by Gasteiger charge is -2.13. The largest absolute Gasteiger partial charge is 0.488 e. The molecular weight excluding hydrogens is 284 g/mol. The molecule has 1 unspecified atom stereocenters. The molecule has 0 amide bonds. The Kier molecular flexibility index (Phi) is 3.49. The van der Waals surface area contributed by atoms with E-state index in [9.17, 15) is 8.78 Å². The molecule has 0 radical (unpaired) electrons. The van der Waals surface area contributed by atoms with Gasteiger partial charge in [-0.3, -0.25) is 0 Å². The van der Waals surface area contributed by atoms with E-state index in [0.717, 1.165) is 29.9 Å². The third-order valence-electron chi connectivity index (χ3n) is 3.22.